The zero-order chi connectivity index (χ0) is 12.3. The van der Waals surface area contributed by atoms with Gasteiger partial charge in [-0.05, 0) is 33.1 Å². The highest BCUT2D eigenvalue weighted by Crippen LogP contribution is 2.25. The third kappa shape index (κ3) is 3.91. The number of nitrogens with one attached hydrogen (secondary N) is 1. The molecule has 4 heteroatoms. The Morgan fingerprint density at radius 1 is 1.41 bits per heavy atom. The first-order valence-electron chi connectivity index (χ1n) is 6.83. The molecule has 0 aromatic heterocycles. The molecule has 0 amide bonds. The fourth-order valence-corrected chi connectivity index (χ4v) is 2.69. The lowest BCUT2D eigenvalue weighted by molar-refractivity contribution is 0.00929. The van der Waals surface area contributed by atoms with Crippen molar-refractivity contribution in [3.63, 3.8) is 0 Å². The average molecular weight is 242 g/mol. The van der Waals surface area contributed by atoms with Gasteiger partial charge in [0, 0.05) is 30.7 Å². The van der Waals surface area contributed by atoms with Crippen LogP contribution in [0.3, 0.4) is 0 Å². The molecule has 2 atom stereocenters. The predicted molar refractivity (Wildman–Crippen MR) is 68.1 cm³/mol. The smallest absolute Gasteiger partial charge is 0.0611 e. The Hall–Kier alpha value is -0.160. The van der Waals surface area contributed by atoms with Crippen LogP contribution in [0.2, 0.25) is 0 Å². The molecule has 0 radical (unpaired) electrons. The summed E-state index contributed by atoms with van der Waals surface area (Å²) in [6, 6.07) is 1.14. The zero-order valence-electron chi connectivity index (χ0n) is 11.1. The van der Waals surface area contributed by atoms with Crippen LogP contribution in [0, 0.1) is 0 Å². The molecular formula is C13H26N2O2. The molecule has 1 saturated carbocycles. The number of nitrogens with zero attached hydrogens (tertiary/aromatic N) is 1. The van der Waals surface area contributed by atoms with Crippen molar-refractivity contribution in [2.45, 2.75) is 50.7 Å². The Kier molecular flexibility index (Phi) is 4.42. The summed E-state index contributed by atoms with van der Waals surface area (Å²) in [5, 5.41) is 13.2. The van der Waals surface area contributed by atoms with Crippen molar-refractivity contribution in [3.05, 3.63) is 0 Å². The van der Waals surface area contributed by atoms with Gasteiger partial charge in [0.1, 0.15) is 0 Å². The van der Waals surface area contributed by atoms with Gasteiger partial charge in [0.15, 0.2) is 0 Å². The maximum atomic E-state index is 9.60. The molecular weight excluding hydrogens is 216 g/mol. The van der Waals surface area contributed by atoms with Gasteiger partial charge >= 0.3 is 0 Å². The number of aliphatic hydroxyl groups is 1. The maximum Gasteiger partial charge on any atom is 0.0611 e. The summed E-state index contributed by atoms with van der Waals surface area (Å²) in [4.78, 5) is 2.46. The largest absolute Gasteiger partial charge is 0.394 e. The van der Waals surface area contributed by atoms with Gasteiger partial charge in [-0.1, -0.05) is 0 Å². The number of morpholine rings is 1. The summed E-state index contributed by atoms with van der Waals surface area (Å²) in [5.74, 6) is 0. The lowest BCUT2D eigenvalue weighted by Gasteiger charge is -2.38. The van der Waals surface area contributed by atoms with Gasteiger partial charge in [-0.25, -0.2) is 0 Å². The molecule has 2 N–H and O–H groups in total. The average Bonchev–Trinajstić information content (AvgIpc) is 3.14. The minimum absolute atomic E-state index is 0.126. The molecule has 2 aliphatic rings. The minimum Gasteiger partial charge on any atom is -0.394 e. The van der Waals surface area contributed by atoms with Crippen LogP contribution in [0.15, 0.2) is 0 Å². The van der Waals surface area contributed by atoms with Crippen molar-refractivity contribution < 1.29 is 9.84 Å². The van der Waals surface area contributed by atoms with Crippen LogP contribution < -0.4 is 5.32 Å². The monoisotopic (exact) mass is 242 g/mol. The van der Waals surface area contributed by atoms with Crippen LogP contribution >= 0.6 is 0 Å². The van der Waals surface area contributed by atoms with E-state index >= 15 is 0 Å². The van der Waals surface area contributed by atoms with Gasteiger partial charge < -0.3 is 15.2 Å². The molecule has 0 aromatic rings. The Morgan fingerprint density at radius 2 is 2.06 bits per heavy atom. The molecule has 1 aliphatic carbocycles. The molecule has 0 bridgehead atoms. The Bertz CT molecular complexity index is 240. The summed E-state index contributed by atoms with van der Waals surface area (Å²) >= 11 is 0. The number of hydrogen-bond donors (Lipinski definition) is 2. The van der Waals surface area contributed by atoms with Gasteiger partial charge in [0.25, 0.3) is 0 Å². The van der Waals surface area contributed by atoms with Crippen LogP contribution in [0.5, 0.6) is 0 Å². The van der Waals surface area contributed by atoms with E-state index < -0.39 is 0 Å². The molecule has 17 heavy (non-hydrogen) atoms. The van der Waals surface area contributed by atoms with E-state index in [4.69, 9.17) is 4.74 Å². The van der Waals surface area contributed by atoms with E-state index in [1.807, 2.05) is 0 Å². The van der Waals surface area contributed by atoms with Gasteiger partial charge in [-0.15, -0.1) is 0 Å². The SMILES string of the molecule is CC(CC(C)(CO)NC1CC1)N1CCOCC1. The molecule has 1 saturated heterocycles. The highest BCUT2D eigenvalue weighted by Gasteiger charge is 2.34. The first kappa shape index (κ1) is 13.3. The fourth-order valence-electron chi connectivity index (χ4n) is 2.69. The zero-order valence-corrected chi connectivity index (χ0v) is 11.1. The van der Waals surface area contributed by atoms with Crippen molar-refractivity contribution in [3.8, 4) is 0 Å². The van der Waals surface area contributed by atoms with E-state index in [9.17, 15) is 5.11 Å². The fraction of sp³-hybridized carbons (Fsp3) is 1.00. The van der Waals surface area contributed by atoms with Crippen molar-refractivity contribution in [2.75, 3.05) is 32.9 Å². The highest BCUT2D eigenvalue weighted by molar-refractivity contribution is 4.94. The van der Waals surface area contributed by atoms with Crippen molar-refractivity contribution in [1.29, 1.82) is 0 Å². The number of hydrogen-bond acceptors (Lipinski definition) is 4. The molecule has 2 rings (SSSR count). The summed E-state index contributed by atoms with van der Waals surface area (Å²) in [6.07, 6.45) is 3.53. The van der Waals surface area contributed by atoms with E-state index in [-0.39, 0.29) is 12.1 Å². The summed E-state index contributed by atoms with van der Waals surface area (Å²) in [6.45, 7) is 8.35. The maximum absolute atomic E-state index is 9.60. The third-order valence-corrected chi connectivity index (χ3v) is 3.89. The van der Waals surface area contributed by atoms with Crippen molar-refractivity contribution in [2.24, 2.45) is 0 Å². The summed E-state index contributed by atoms with van der Waals surface area (Å²) < 4.78 is 5.37. The lowest BCUT2D eigenvalue weighted by atomic mass is 9.93. The lowest BCUT2D eigenvalue weighted by Crippen LogP contribution is -2.53. The topological polar surface area (TPSA) is 44.7 Å². The Balaban J connectivity index is 1.82. The molecule has 100 valence electrons. The summed E-state index contributed by atoms with van der Waals surface area (Å²) in [7, 11) is 0. The van der Waals surface area contributed by atoms with Gasteiger partial charge in [0.2, 0.25) is 0 Å². The van der Waals surface area contributed by atoms with Crippen molar-refractivity contribution >= 4 is 0 Å². The number of aliphatic hydroxyl groups excluding tert-OH is 1. The van der Waals surface area contributed by atoms with E-state index in [1.54, 1.807) is 0 Å². The number of rotatable bonds is 6. The van der Waals surface area contributed by atoms with Crippen molar-refractivity contribution in [1.82, 2.24) is 10.2 Å². The van der Waals surface area contributed by atoms with Crippen LogP contribution in [0.4, 0.5) is 0 Å². The molecule has 2 fully saturated rings. The van der Waals surface area contributed by atoms with Crippen LogP contribution in [-0.2, 0) is 4.74 Å². The normalized spacial score (nSPS) is 27.7. The second kappa shape index (κ2) is 5.65. The molecule has 1 aliphatic heterocycles. The van der Waals surface area contributed by atoms with E-state index in [0.717, 1.165) is 32.7 Å². The first-order valence-corrected chi connectivity index (χ1v) is 6.83. The molecule has 4 nitrogen and oxygen atoms in total. The van der Waals surface area contributed by atoms with E-state index in [1.165, 1.54) is 12.8 Å². The van der Waals surface area contributed by atoms with Gasteiger partial charge in [-0.2, -0.15) is 0 Å². The first-order chi connectivity index (χ1) is 8.13. The predicted octanol–water partition coefficient (Wildman–Crippen LogP) is 0.600. The summed E-state index contributed by atoms with van der Waals surface area (Å²) in [5.41, 5.74) is -0.126. The van der Waals surface area contributed by atoms with Crippen LogP contribution in [0.1, 0.15) is 33.1 Å². The minimum atomic E-state index is -0.126. The quantitative estimate of drug-likeness (QED) is 0.716. The van der Waals surface area contributed by atoms with Crippen LogP contribution in [0.25, 0.3) is 0 Å². The van der Waals surface area contributed by atoms with Gasteiger partial charge in [0.05, 0.1) is 19.8 Å². The van der Waals surface area contributed by atoms with E-state index in [0.29, 0.717) is 12.1 Å². The molecule has 1 heterocycles. The molecule has 0 aromatic carbocycles. The number of ether oxygens (including phenoxy) is 1. The standard InChI is InChI=1S/C13H26N2O2/c1-11(15-5-7-17-8-6-15)9-13(2,10-16)14-12-3-4-12/h11-12,14,16H,3-10H2,1-2H3. The Morgan fingerprint density at radius 3 is 2.59 bits per heavy atom. The van der Waals surface area contributed by atoms with Crippen LogP contribution in [-0.4, -0.2) is 60.5 Å². The van der Waals surface area contributed by atoms with E-state index in [2.05, 4.69) is 24.1 Å². The second-order valence-electron chi connectivity index (χ2n) is 5.84. The van der Waals surface area contributed by atoms with Gasteiger partial charge in [-0.3, -0.25) is 4.90 Å². The third-order valence-electron chi connectivity index (χ3n) is 3.89. The highest BCUT2D eigenvalue weighted by atomic mass is 16.5. The molecule has 2 unspecified atom stereocenters. The Labute approximate surface area is 104 Å². The second-order valence-corrected chi connectivity index (χ2v) is 5.84. The molecule has 0 spiro atoms.